The molecule has 1 aromatic carbocycles. The second-order valence-electron chi connectivity index (χ2n) is 5.01. The Bertz CT molecular complexity index is 695. The number of methoxy groups -OCH3 is 1. The minimum Gasteiger partial charge on any atom is -0.496 e. The van der Waals surface area contributed by atoms with Crippen LogP contribution in [-0.4, -0.2) is 29.3 Å². The Morgan fingerprint density at radius 1 is 1.57 bits per heavy atom. The first kappa shape index (κ1) is 13.9. The number of nitrogens with zero attached hydrogens (tertiary/aromatic N) is 1. The second-order valence-corrected chi connectivity index (χ2v) is 5.87. The lowest BCUT2D eigenvalue weighted by Gasteiger charge is -2.09. The van der Waals surface area contributed by atoms with Gasteiger partial charge in [-0.1, -0.05) is 0 Å². The van der Waals surface area contributed by atoms with Crippen molar-refractivity contribution in [1.82, 2.24) is 4.98 Å². The number of carboxylic acid groups (broad SMARTS) is 1. The summed E-state index contributed by atoms with van der Waals surface area (Å²) in [4.78, 5) is 15.1. The van der Waals surface area contributed by atoms with Crippen LogP contribution in [0.3, 0.4) is 0 Å². The molecule has 21 heavy (non-hydrogen) atoms. The predicted octanol–water partition coefficient (Wildman–Crippen LogP) is 2.77. The van der Waals surface area contributed by atoms with Gasteiger partial charge in [-0.25, -0.2) is 4.98 Å². The predicted molar refractivity (Wildman–Crippen MR) is 79.2 cm³/mol. The standard InChI is InChI=1S/C15H15NO4S/c1-8-3-9-4-13(19-2)11(6-12(9)20-8)15-16-10(7-21-15)5-14(17)18/h4,6-8H,3,5H2,1-2H3,(H,17,18). The number of hydrogen-bond acceptors (Lipinski definition) is 5. The molecule has 1 N–H and O–H groups in total. The van der Waals surface area contributed by atoms with Gasteiger partial charge in [-0.05, 0) is 19.1 Å². The SMILES string of the molecule is COc1cc2c(cc1-c1nc(CC(=O)O)cs1)OC(C)C2. The third kappa shape index (κ3) is 2.71. The Morgan fingerprint density at radius 2 is 2.38 bits per heavy atom. The van der Waals surface area contributed by atoms with Gasteiger partial charge in [0.2, 0.25) is 0 Å². The van der Waals surface area contributed by atoms with E-state index in [1.807, 2.05) is 19.1 Å². The van der Waals surface area contributed by atoms with E-state index in [4.69, 9.17) is 14.6 Å². The largest absolute Gasteiger partial charge is 0.496 e. The summed E-state index contributed by atoms with van der Waals surface area (Å²) < 4.78 is 11.2. The number of carbonyl (C=O) groups is 1. The van der Waals surface area contributed by atoms with Gasteiger partial charge in [-0.2, -0.15) is 0 Å². The summed E-state index contributed by atoms with van der Waals surface area (Å²) in [6, 6.07) is 3.91. The molecule has 0 saturated heterocycles. The fourth-order valence-corrected chi connectivity index (χ4v) is 3.28. The van der Waals surface area contributed by atoms with Gasteiger partial charge in [0.05, 0.1) is 24.8 Å². The quantitative estimate of drug-likeness (QED) is 0.940. The van der Waals surface area contributed by atoms with Crippen LogP contribution < -0.4 is 9.47 Å². The van der Waals surface area contributed by atoms with Crippen molar-refractivity contribution in [1.29, 1.82) is 0 Å². The molecule has 0 amide bonds. The van der Waals surface area contributed by atoms with Crippen molar-refractivity contribution in [3.63, 3.8) is 0 Å². The van der Waals surface area contributed by atoms with Gasteiger partial charge < -0.3 is 14.6 Å². The number of aromatic nitrogens is 1. The number of carboxylic acids is 1. The summed E-state index contributed by atoms with van der Waals surface area (Å²) in [5, 5.41) is 11.3. The van der Waals surface area contributed by atoms with Crippen LogP contribution in [-0.2, 0) is 17.6 Å². The van der Waals surface area contributed by atoms with Crippen LogP contribution in [0.25, 0.3) is 10.6 Å². The van der Waals surface area contributed by atoms with E-state index in [1.54, 1.807) is 12.5 Å². The van der Waals surface area contributed by atoms with Crippen molar-refractivity contribution in [2.45, 2.75) is 25.9 Å². The Balaban J connectivity index is 2.00. The highest BCUT2D eigenvalue weighted by atomic mass is 32.1. The molecule has 0 bridgehead atoms. The molecule has 110 valence electrons. The van der Waals surface area contributed by atoms with Crippen LogP contribution in [0.15, 0.2) is 17.5 Å². The Hall–Kier alpha value is -2.08. The third-order valence-corrected chi connectivity index (χ3v) is 4.26. The van der Waals surface area contributed by atoms with Gasteiger partial charge in [0, 0.05) is 17.4 Å². The molecule has 0 radical (unpaired) electrons. The Kier molecular flexibility index (Phi) is 3.55. The molecule has 1 aromatic heterocycles. The van der Waals surface area contributed by atoms with E-state index in [-0.39, 0.29) is 12.5 Å². The first-order valence-electron chi connectivity index (χ1n) is 6.61. The van der Waals surface area contributed by atoms with Crippen LogP contribution in [0.1, 0.15) is 18.2 Å². The highest BCUT2D eigenvalue weighted by molar-refractivity contribution is 7.13. The van der Waals surface area contributed by atoms with E-state index >= 15 is 0 Å². The molecular formula is C15H15NO4S. The average Bonchev–Trinajstić information content (AvgIpc) is 3.01. The number of aliphatic carboxylic acids is 1. The van der Waals surface area contributed by atoms with Gasteiger partial charge in [-0.15, -0.1) is 11.3 Å². The summed E-state index contributed by atoms with van der Waals surface area (Å²) in [5.74, 6) is 0.709. The zero-order chi connectivity index (χ0) is 15.0. The zero-order valence-electron chi connectivity index (χ0n) is 11.8. The lowest BCUT2D eigenvalue weighted by molar-refractivity contribution is -0.136. The van der Waals surface area contributed by atoms with Crippen LogP contribution >= 0.6 is 11.3 Å². The average molecular weight is 305 g/mol. The molecule has 0 aliphatic carbocycles. The smallest absolute Gasteiger partial charge is 0.309 e. The summed E-state index contributed by atoms with van der Waals surface area (Å²) in [7, 11) is 1.62. The number of benzene rings is 1. The van der Waals surface area contributed by atoms with Crippen LogP contribution in [0, 0.1) is 0 Å². The van der Waals surface area contributed by atoms with Crippen molar-refractivity contribution < 1.29 is 19.4 Å². The normalized spacial score (nSPS) is 16.4. The van der Waals surface area contributed by atoms with Crippen LogP contribution in [0.5, 0.6) is 11.5 Å². The molecule has 1 aliphatic rings. The molecule has 0 spiro atoms. The van der Waals surface area contributed by atoms with Gasteiger partial charge in [0.25, 0.3) is 0 Å². The van der Waals surface area contributed by atoms with Gasteiger partial charge in [-0.3, -0.25) is 4.79 Å². The second kappa shape index (κ2) is 5.37. The lowest BCUT2D eigenvalue weighted by atomic mass is 10.1. The highest BCUT2D eigenvalue weighted by Crippen LogP contribution is 2.40. The zero-order valence-corrected chi connectivity index (χ0v) is 12.6. The van der Waals surface area contributed by atoms with E-state index in [9.17, 15) is 4.79 Å². The topological polar surface area (TPSA) is 68.7 Å². The van der Waals surface area contributed by atoms with Gasteiger partial charge >= 0.3 is 5.97 Å². The molecule has 1 unspecified atom stereocenters. The maximum atomic E-state index is 10.7. The summed E-state index contributed by atoms with van der Waals surface area (Å²) in [6.45, 7) is 2.03. The maximum Gasteiger partial charge on any atom is 0.309 e. The number of hydrogen-bond donors (Lipinski definition) is 1. The van der Waals surface area contributed by atoms with Crippen LogP contribution in [0.4, 0.5) is 0 Å². The lowest BCUT2D eigenvalue weighted by Crippen LogP contribution is -2.05. The summed E-state index contributed by atoms with van der Waals surface area (Å²) in [6.07, 6.45) is 0.963. The van der Waals surface area contributed by atoms with E-state index < -0.39 is 5.97 Å². The van der Waals surface area contributed by atoms with E-state index in [0.29, 0.717) is 5.69 Å². The van der Waals surface area contributed by atoms with E-state index in [0.717, 1.165) is 34.1 Å². The number of fused-ring (bicyclic) bond motifs is 1. The molecule has 0 fully saturated rings. The fraction of sp³-hybridized carbons (Fsp3) is 0.333. The summed E-state index contributed by atoms with van der Waals surface area (Å²) >= 11 is 1.41. The molecule has 5 nitrogen and oxygen atoms in total. The van der Waals surface area contributed by atoms with Crippen molar-refractivity contribution in [3.8, 4) is 22.1 Å². The Labute approximate surface area is 126 Å². The van der Waals surface area contributed by atoms with Crippen LogP contribution in [0.2, 0.25) is 0 Å². The minimum atomic E-state index is -0.884. The number of ether oxygens (including phenoxy) is 2. The maximum absolute atomic E-state index is 10.7. The van der Waals surface area contributed by atoms with Gasteiger partial charge in [0.1, 0.15) is 22.6 Å². The Morgan fingerprint density at radius 3 is 3.10 bits per heavy atom. The minimum absolute atomic E-state index is 0.0721. The third-order valence-electron chi connectivity index (χ3n) is 3.33. The number of thiazole rings is 1. The van der Waals surface area contributed by atoms with Gasteiger partial charge in [0.15, 0.2) is 0 Å². The highest BCUT2D eigenvalue weighted by Gasteiger charge is 2.23. The molecule has 0 saturated carbocycles. The fourth-order valence-electron chi connectivity index (χ4n) is 2.44. The molecule has 6 heteroatoms. The molecule has 2 heterocycles. The number of rotatable bonds is 4. The van der Waals surface area contributed by atoms with E-state index in [1.165, 1.54) is 11.3 Å². The van der Waals surface area contributed by atoms with Crippen molar-refractivity contribution in [3.05, 3.63) is 28.8 Å². The summed E-state index contributed by atoms with van der Waals surface area (Å²) in [5.41, 5.74) is 2.52. The molecule has 2 aromatic rings. The van der Waals surface area contributed by atoms with Crippen molar-refractivity contribution >= 4 is 17.3 Å². The van der Waals surface area contributed by atoms with Crippen molar-refractivity contribution in [2.24, 2.45) is 0 Å². The monoisotopic (exact) mass is 305 g/mol. The van der Waals surface area contributed by atoms with E-state index in [2.05, 4.69) is 4.98 Å². The van der Waals surface area contributed by atoms with Crippen molar-refractivity contribution in [2.75, 3.05) is 7.11 Å². The first-order chi connectivity index (χ1) is 10.1. The molecule has 1 atom stereocenters. The molecule has 3 rings (SSSR count). The molecular weight excluding hydrogens is 290 g/mol. The first-order valence-corrected chi connectivity index (χ1v) is 7.49. The molecule has 1 aliphatic heterocycles.